The van der Waals surface area contributed by atoms with E-state index in [0.717, 1.165) is 21.8 Å². The predicted octanol–water partition coefficient (Wildman–Crippen LogP) is 3.78. The van der Waals surface area contributed by atoms with Crippen LogP contribution in [0.25, 0.3) is 4.96 Å². The highest BCUT2D eigenvalue weighted by molar-refractivity contribution is 7.14. The number of amides is 1. The average Bonchev–Trinajstić information content (AvgIpc) is 3.00. The summed E-state index contributed by atoms with van der Waals surface area (Å²) in [6.07, 6.45) is 0. The minimum atomic E-state index is -0.174. The largest absolute Gasteiger partial charge is 0.320 e. The number of fused-ring (bicyclic) bond motifs is 1. The van der Waals surface area contributed by atoms with Gasteiger partial charge in [-0.25, -0.2) is 4.98 Å². The first-order chi connectivity index (χ1) is 10.5. The number of benzene rings is 1. The first-order valence-corrected chi connectivity index (χ1v) is 8.06. The molecule has 0 unspecified atom stereocenters. The lowest BCUT2D eigenvalue weighted by Gasteiger charge is -2.16. The van der Waals surface area contributed by atoms with E-state index in [1.54, 1.807) is 10.0 Å². The second-order valence-corrected chi connectivity index (χ2v) is 6.44. The van der Waals surface area contributed by atoms with Crippen LogP contribution in [0.15, 0.2) is 23.7 Å². The van der Waals surface area contributed by atoms with E-state index in [9.17, 15) is 4.79 Å². The Balaban J connectivity index is 2.02. The van der Waals surface area contributed by atoms with Crippen LogP contribution >= 0.6 is 11.3 Å². The van der Waals surface area contributed by atoms with E-state index < -0.39 is 0 Å². The summed E-state index contributed by atoms with van der Waals surface area (Å²) in [7, 11) is 0. The summed E-state index contributed by atoms with van der Waals surface area (Å²) >= 11 is 1.42. The summed E-state index contributed by atoms with van der Waals surface area (Å²) in [5.41, 5.74) is 5.94. The topological polar surface area (TPSA) is 59.3 Å². The summed E-state index contributed by atoms with van der Waals surface area (Å²) in [6.45, 7) is 8.07. The van der Waals surface area contributed by atoms with E-state index in [2.05, 4.69) is 35.3 Å². The van der Waals surface area contributed by atoms with Crippen molar-refractivity contribution >= 4 is 27.9 Å². The van der Waals surface area contributed by atoms with Gasteiger partial charge < -0.3 is 5.32 Å². The van der Waals surface area contributed by atoms with Crippen LogP contribution < -0.4 is 5.32 Å². The van der Waals surface area contributed by atoms with Crippen LogP contribution in [0.5, 0.6) is 0 Å². The van der Waals surface area contributed by atoms with Gasteiger partial charge in [-0.3, -0.25) is 4.79 Å². The van der Waals surface area contributed by atoms with E-state index in [1.165, 1.54) is 11.3 Å². The predicted molar refractivity (Wildman–Crippen MR) is 88.8 cm³/mol. The zero-order chi connectivity index (χ0) is 15.9. The second-order valence-electron chi connectivity index (χ2n) is 5.63. The third-order valence-corrected chi connectivity index (χ3v) is 4.38. The fourth-order valence-electron chi connectivity index (χ4n) is 2.57. The van der Waals surface area contributed by atoms with E-state index in [4.69, 9.17) is 0 Å². The number of imidazole rings is 1. The van der Waals surface area contributed by atoms with Crippen LogP contribution in [0, 0.1) is 13.8 Å². The molecule has 0 aliphatic heterocycles. The Labute approximate surface area is 133 Å². The molecule has 5 nitrogen and oxygen atoms in total. The Morgan fingerprint density at radius 2 is 2.09 bits per heavy atom. The highest BCUT2D eigenvalue weighted by Gasteiger charge is 2.20. The number of carbonyl (C=O) groups excluding carboxylic acids is 1. The number of rotatable bonds is 3. The number of carbonyl (C=O) groups is 1. The summed E-state index contributed by atoms with van der Waals surface area (Å²) in [4.78, 5) is 17.8. The van der Waals surface area contributed by atoms with Gasteiger partial charge in [-0.15, -0.1) is 0 Å². The monoisotopic (exact) mass is 314 g/mol. The van der Waals surface area contributed by atoms with Gasteiger partial charge in [-0.05, 0) is 30.9 Å². The Bertz CT molecular complexity index is 847. The van der Waals surface area contributed by atoms with Crippen LogP contribution in [0.2, 0.25) is 0 Å². The molecule has 0 atom stereocenters. The fraction of sp³-hybridized carbons (Fsp3) is 0.312. The summed E-state index contributed by atoms with van der Waals surface area (Å²) < 4.78 is 1.60. The molecular weight excluding hydrogens is 296 g/mol. The first-order valence-electron chi connectivity index (χ1n) is 7.18. The third kappa shape index (κ3) is 2.39. The van der Waals surface area contributed by atoms with Crippen molar-refractivity contribution in [3.05, 3.63) is 46.2 Å². The summed E-state index contributed by atoms with van der Waals surface area (Å²) in [6, 6.07) is 6.07. The number of anilines is 1. The van der Waals surface area contributed by atoms with Crippen molar-refractivity contribution in [2.45, 2.75) is 33.6 Å². The van der Waals surface area contributed by atoms with Crippen molar-refractivity contribution in [2.24, 2.45) is 0 Å². The molecule has 1 amide bonds. The smallest absolute Gasteiger partial charge is 0.276 e. The lowest BCUT2D eigenvalue weighted by Crippen LogP contribution is -2.18. The quantitative estimate of drug-likeness (QED) is 0.800. The molecule has 1 N–H and O–H groups in total. The minimum Gasteiger partial charge on any atom is -0.320 e. The maximum atomic E-state index is 12.7. The molecule has 6 heteroatoms. The van der Waals surface area contributed by atoms with Gasteiger partial charge in [0.05, 0.1) is 5.69 Å². The van der Waals surface area contributed by atoms with E-state index in [1.807, 2.05) is 26.0 Å². The first kappa shape index (κ1) is 14.7. The Hall–Kier alpha value is -2.21. The third-order valence-electron chi connectivity index (χ3n) is 3.70. The molecule has 0 fully saturated rings. The van der Waals surface area contributed by atoms with E-state index in [0.29, 0.717) is 17.3 Å². The van der Waals surface area contributed by atoms with E-state index in [-0.39, 0.29) is 5.91 Å². The number of nitrogens with one attached hydrogen (secondary N) is 1. The van der Waals surface area contributed by atoms with Gasteiger partial charge in [0.15, 0.2) is 5.69 Å². The Morgan fingerprint density at radius 1 is 1.32 bits per heavy atom. The van der Waals surface area contributed by atoms with Gasteiger partial charge in [-0.2, -0.15) is 9.61 Å². The molecule has 0 radical (unpaired) electrons. The van der Waals surface area contributed by atoms with Crippen molar-refractivity contribution < 1.29 is 4.79 Å². The molecular formula is C16H18N4OS. The van der Waals surface area contributed by atoms with Crippen molar-refractivity contribution in [3.8, 4) is 0 Å². The normalized spacial score (nSPS) is 11.3. The van der Waals surface area contributed by atoms with Crippen LogP contribution in [0.4, 0.5) is 5.69 Å². The number of nitrogens with zero attached hydrogens (tertiary/aromatic N) is 3. The Kier molecular flexibility index (Phi) is 3.70. The molecule has 3 rings (SSSR count). The van der Waals surface area contributed by atoms with Gasteiger partial charge >= 0.3 is 0 Å². The number of aromatic nitrogens is 3. The molecule has 2 aromatic heterocycles. The molecule has 0 saturated carbocycles. The SMILES string of the molecule is Cc1cccc(C(C)C)c1NC(=O)c1c(C)nc2scnn12. The van der Waals surface area contributed by atoms with Crippen molar-refractivity contribution in [1.82, 2.24) is 14.6 Å². The maximum Gasteiger partial charge on any atom is 0.276 e. The van der Waals surface area contributed by atoms with Gasteiger partial charge in [0.25, 0.3) is 5.91 Å². The van der Waals surface area contributed by atoms with E-state index >= 15 is 0 Å². The molecule has 0 aliphatic carbocycles. The number of aryl methyl sites for hydroxylation is 2. The summed E-state index contributed by atoms with van der Waals surface area (Å²) in [5.74, 6) is 0.160. The van der Waals surface area contributed by atoms with Crippen LogP contribution in [0.1, 0.15) is 47.1 Å². The molecule has 1 aromatic carbocycles. The maximum absolute atomic E-state index is 12.7. The van der Waals surface area contributed by atoms with Crippen molar-refractivity contribution in [2.75, 3.05) is 5.32 Å². The lowest BCUT2D eigenvalue weighted by molar-refractivity contribution is 0.101. The second kappa shape index (κ2) is 5.53. The van der Waals surface area contributed by atoms with Gasteiger partial charge in [0.1, 0.15) is 5.51 Å². The molecule has 0 saturated heterocycles. The number of hydrogen-bond acceptors (Lipinski definition) is 4. The average molecular weight is 314 g/mol. The molecule has 0 aliphatic rings. The zero-order valence-corrected chi connectivity index (χ0v) is 13.9. The molecule has 22 heavy (non-hydrogen) atoms. The van der Waals surface area contributed by atoms with Crippen molar-refractivity contribution in [1.29, 1.82) is 0 Å². The zero-order valence-electron chi connectivity index (χ0n) is 13.0. The number of para-hydroxylation sites is 1. The highest BCUT2D eigenvalue weighted by atomic mass is 32.1. The van der Waals surface area contributed by atoms with Gasteiger partial charge in [0, 0.05) is 5.69 Å². The molecule has 3 aromatic rings. The van der Waals surface area contributed by atoms with Crippen molar-refractivity contribution in [3.63, 3.8) is 0 Å². The number of hydrogen-bond donors (Lipinski definition) is 1. The summed E-state index contributed by atoms with van der Waals surface area (Å²) in [5, 5.41) is 7.24. The Morgan fingerprint density at radius 3 is 2.82 bits per heavy atom. The van der Waals surface area contributed by atoms with Crippen LogP contribution in [-0.4, -0.2) is 20.5 Å². The molecule has 0 bridgehead atoms. The molecule has 0 spiro atoms. The highest BCUT2D eigenvalue weighted by Crippen LogP contribution is 2.28. The fourth-order valence-corrected chi connectivity index (χ4v) is 3.23. The lowest BCUT2D eigenvalue weighted by atomic mass is 9.98. The standard InChI is InChI=1S/C16H18N4OS/c1-9(2)12-7-5-6-10(3)13(12)19-15(21)14-11(4)18-16-20(14)17-8-22-16/h5-9H,1-4H3,(H,19,21). The molecule has 2 heterocycles. The van der Waals surface area contributed by atoms with Crippen LogP contribution in [-0.2, 0) is 0 Å². The minimum absolute atomic E-state index is 0.174. The molecule has 114 valence electrons. The van der Waals surface area contributed by atoms with Crippen LogP contribution in [0.3, 0.4) is 0 Å². The van der Waals surface area contributed by atoms with Gasteiger partial charge in [-0.1, -0.05) is 43.4 Å². The van der Waals surface area contributed by atoms with Gasteiger partial charge in [0.2, 0.25) is 4.96 Å².